The second-order valence-electron chi connectivity index (χ2n) is 5.37. The minimum atomic E-state index is -4.11. The number of Topliss-reactive ketones (excluding diaryl/α,β-unsaturated/α-hetero) is 1. The highest BCUT2D eigenvalue weighted by Gasteiger charge is 2.25. The van der Waals surface area contributed by atoms with Gasteiger partial charge in [0.05, 0.1) is 16.4 Å². The lowest BCUT2D eigenvalue weighted by atomic mass is 9.91. The van der Waals surface area contributed by atoms with Crippen molar-refractivity contribution in [3.63, 3.8) is 0 Å². The second-order valence-corrected chi connectivity index (χ2v) is 7.14. The molecule has 0 saturated carbocycles. The van der Waals surface area contributed by atoms with E-state index in [4.69, 9.17) is 0 Å². The Hall–Kier alpha value is -1.87. The van der Waals surface area contributed by atoms with E-state index in [0.29, 0.717) is 6.07 Å². The molecule has 0 radical (unpaired) electrons. The summed E-state index contributed by atoms with van der Waals surface area (Å²) < 4.78 is 39.3. The molecule has 1 N–H and O–H groups in total. The summed E-state index contributed by atoms with van der Waals surface area (Å²) in [5.41, 5.74) is -1.54. The number of carbonyl (C=O) groups is 1. The third-order valence-corrected chi connectivity index (χ3v) is 4.08. The first-order chi connectivity index (χ1) is 9.45. The Kier molecular flexibility index (Phi) is 4.79. The predicted octanol–water partition coefficient (Wildman–Crippen LogP) is 1.63. The van der Waals surface area contributed by atoms with E-state index in [1.54, 1.807) is 20.8 Å². The Morgan fingerprint density at radius 3 is 2.38 bits per heavy atom. The SMILES string of the molecule is CC(C)(C)C(=O)CNS(=O)(=O)c1ccc([N+](=O)[O-])c(F)c1. The fraction of sp³-hybridized carbons (Fsp3) is 0.417. The van der Waals surface area contributed by atoms with Gasteiger partial charge in [0.15, 0.2) is 5.78 Å². The molecule has 9 heteroatoms. The molecule has 0 aliphatic rings. The second kappa shape index (κ2) is 5.86. The molecule has 0 unspecified atom stereocenters. The van der Waals surface area contributed by atoms with Gasteiger partial charge in [0, 0.05) is 17.5 Å². The van der Waals surface area contributed by atoms with E-state index in [-0.39, 0.29) is 5.78 Å². The Labute approximate surface area is 121 Å². The van der Waals surface area contributed by atoms with Crippen molar-refractivity contribution in [2.24, 2.45) is 5.41 Å². The van der Waals surface area contributed by atoms with Crippen molar-refractivity contribution in [1.29, 1.82) is 0 Å². The zero-order valence-electron chi connectivity index (χ0n) is 11.7. The number of rotatable bonds is 5. The van der Waals surface area contributed by atoms with Crippen molar-refractivity contribution < 1.29 is 22.5 Å². The van der Waals surface area contributed by atoms with E-state index in [1.807, 2.05) is 4.72 Å². The molecule has 7 nitrogen and oxygen atoms in total. The summed E-state index contributed by atoms with van der Waals surface area (Å²) in [6.07, 6.45) is 0. The van der Waals surface area contributed by atoms with Crippen LogP contribution in [0.5, 0.6) is 0 Å². The number of nitrogens with one attached hydrogen (secondary N) is 1. The van der Waals surface area contributed by atoms with E-state index >= 15 is 0 Å². The van der Waals surface area contributed by atoms with Crippen LogP contribution in [0.15, 0.2) is 23.1 Å². The average molecular weight is 318 g/mol. The molecular formula is C12H15FN2O5S. The smallest absolute Gasteiger partial charge is 0.298 e. The summed E-state index contributed by atoms with van der Waals surface area (Å²) >= 11 is 0. The van der Waals surface area contributed by atoms with Gasteiger partial charge in [0.25, 0.3) is 0 Å². The fourth-order valence-corrected chi connectivity index (χ4v) is 2.31. The Morgan fingerprint density at radius 2 is 1.95 bits per heavy atom. The maximum absolute atomic E-state index is 13.4. The van der Waals surface area contributed by atoms with Crippen molar-refractivity contribution in [3.05, 3.63) is 34.1 Å². The number of sulfonamides is 1. The van der Waals surface area contributed by atoms with Crippen LogP contribution in [0.1, 0.15) is 20.8 Å². The van der Waals surface area contributed by atoms with Crippen molar-refractivity contribution in [1.82, 2.24) is 4.72 Å². The summed E-state index contributed by atoms with van der Waals surface area (Å²) in [4.78, 5) is 20.7. The minimum absolute atomic E-state index is 0.339. The third kappa shape index (κ3) is 4.30. The van der Waals surface area contributed by atoms with E-state index in [1.165, 1.54) is 0 Å². The first-order valence-electron chi connectivity index (χ1n) is 5.92. The molecule has 0 amide bonds. The summed E-state index contributed by atoms with van der Waals surface area (Å²) in [6.45, 7) is 4.46. The van der Waals surface area contributed by atoms with E-state index in [9.17, 15) is 27.7 Å². The molecule has 0 atom stereocenters. The van der Waals surface area contributed by atoms with Crippen LogP contribution >= 0.6 is 0 Å². The lowest BCUT2D eigenvalue weighted by molar-refractivity contribution is -0.387. The summed E-state index contributed by atoms with van der Waals surface area (Å²) in [5.74, 6) is -1.60. The molecule has 0 bridgehead atoms. The van der Waals surface area contributed by atoms with E-state index < -0.39 is 43.3 Å². The molecule has 0 aromatic heterocycles. The molecule has 0 spiro atoms. The number of hydrogen-bond donors (Lipinski definition) is 1. The van der Waals surface area contributed by atoms with Crippen LogP contribution in [0.4, 0.5) is 10.1 Å². The van der Waals surface area contributed by atoms with Crippen molar-refractivity contribution in [2.45, 2.75) is 25.7 Å². The van der Waals surface area contributed by atoms with Crippen LogP contribution in [0.2, 0.25) is 0 Å². The Morgan fingerprint density at radius 1 is 1.38 bits per heavy atom. The number of carbonyl (C=O) groups excluding carboxylic acids is 1. The van der Waals surface area contributed by atoms with Gasteiger partial charge in [-0.05, 0) is 6.07 Å². The lowest BCUT2D eigenvalue weighted by Crippen LogP contribution is -2.35. The van der Waals surface area contributed by atoms with Gasteiger partial charge in [0.1, 0.15) is 0 Å². The number of ketones is 1. The van der Waals surface area contributed by atoms with Gasteiger partial charge in [-0.3, -0.25) is 14.9 Å². The molecule has 0 saturated heterocycles. The predicted molar refractivity (Wildman–Crippen MR) is 72.7 cm³/mol. The van der Waals surface area contributed by atoms with Crippen LogP contribution < -0.4 is 4.72 Å². The number of nitro benzene ring substituents is 1. The molecule has 0 aliphatic heterocycles. The topological polar surface area (TPSA) is 106 Å². The molecule has 116 valence electrons. The lowest BCUT2D eigenvalue weighted by Gasteiger charge is -2.16. The molecular weight excluding hydrogens is 303 g/mol. The average Bonchev–Trinajstić information content (AvgIpc) is 2.34. The standard InChI is InChI=1S/C12H15FN2O5S/c1-12(2,3)11(16)7-14-21(19,20)8-4-5-10(15(17)18)9(13)6-8/h4-6,14H,7H2,1-3H3. The summed E-state index contributed by atoms with van der Waals surface area (Å²) in [5, 5.41) is 10.5. The molecule has 21 heavy (non-hydrogen) atoms. The summed E-state index contributed by atoms with van der Waals surface area (Å²) in [6, 6.07) is 2.21. The van der Waals surface area contributed by atoms with Crippen molar-refractivity contribution >= 4 is 21.5 Å². The number of halogens is 1. The van der Waals surface area contributed by atoms with Crippen molar-refractivity contribution in [2.75, 3.05) is 6.54 Å². The Bertz CT molecular complexity index is 679. The number of hydrogen-bond acceptors (Lipinski definition) is 5. The van der Waals surface area contributed by atoms with Crippen LogP contribution in [0.3, 0.4) is 0 Å². The van der Waals surface area contributed by atoms with E-state index in [2.05, 4.69) is 0 Å². The zero-order chi connectivity index (χ0) is 16.4. The molecule has 0 heterocycles. The first kappa shape index (κ1) is 17.2. The maximum atomic E-state index is 13.4. The molecule has 1 aromatic rings. The van der Waals surface area contributed by atoms with Crippen LogP contribution in [0.25, 0.3) is 0 Å². The molecule has 0 aliphatic carbocycles. The first-order valence-corrected chi connectivity index (χ1v) is 7.40. The molecule has 1 aromatic carbocycles. The van der Waals surface area contributed by atoms with Gasteiger partial charge < -0.3 is 0 Å². The number of nitrogens with zero attached hydrogens (tertiary/aromatic N) is 1. The van der Waals surface area contributed by atoms with Gasteiger partial charge in [-0.15, -0.1) is 0 Å². The van der Waals surface area contributed by atoms with Gasteiger partial charge >= 0.3 is 5.69 Å². The van der Waals surface area contributed by atoms with Crippen molar-refractivity contribution in [3.8, 4) is 0 Å². The molecule has 0 fully saturated rings. The highest BCUT2D eigenvalue weighted by molar-refractivity contribution is 7.89. The summed E-state index contributed by atoms with van der Waals surface area (Å²) in [7, 11) is -4.11. The monoisotopic (exact) mass is 318 g/mol. The number of nitro groups is 1. The van der Waals surface area contributed by atoms with Gasteiger partial charge in [-0.25, -0.2) is 13.1 Å². The zero-order valence-corrected chi connectivity index (χ0v) is 12.5. The van der Waals surface area contributed by atoms with E-state index in [0.717, 1.165) is 12.1 Å². The Balaban J connectivity index is 2.97. The fourth-order valence-electron chi connectivity index (χ4n) is 1.31. The van der Waals surface area contributed by atoms with Gasteiger partial charge in [-0.2, -0.15) is 4.39 Å². The third-order valence-electron chi connectivity index (χ3n) is 2.69. The minimum Gasteiger partial charge on any atom is -0.298 e. The van der Waals surface area contributed by atoms with Crippen LogP contribution in [-0.2, 0) is 14.8 Å². The largest absolute Gasteiger partial charge is 0.304 e. The molecule has 1 rings (SSSR count). The number of benzene rings is 1. The van der Waals surface area contributed by atoms with Crippen LogP contribution in [-0.4, -0.2) is 25.7 Å². The van der Waals surface area contributed by atoms with Gasteiger partial charge in [-0.1, -0.05) is 20.8 Å². The quantitative estimate of drug-likeness (QED) is 0.656. The van der Waals surface area contributed by atoms with Gasteiger partial charge in [0.2, 0.25) is 15.8 Å². The highest BCUT2D eigenvalue weighted by Crippen LogP contribution is 2.21. The van der Waals surface area contributed by atoms with Crippen LogP contribution in [0, 0.1) is 21.3 Å². The normalized spacial score (nSPS) is 12.2. The maximum Gasteiger partial charge on any atom is 0.304 e. The highest BCUT2D eigenvalue weighted by atomic mass is 32.2.